The first-order valence-electron chi connectivity index (χ1n) is 7.82. The van der Waals surface area contributed by atoms with Crippen LogP contribution in [0.2, 0.25) is 0 Å². The van der Waals surface area contributed by atoms with Crippen LogP contribution in [0.1, 0.15) is 13.8 Å². The molecule has 0 saturated carbocycles. The number of amides is 1. The van der Waals surface area contributed by atoms with Crippen LogP contribution in [0.3, 0.4) is 0 Å². The number of hydrogen-bond donors (Lipinski definition) is 2. The number of fused-ring (bicyclic) bond motifs is 1. The molecule has 130 valence electrons. The monoisotopic (exact) mass is 349 g/mol. The maximum atomic E-state index is 12.6. The number of sulfonamides is 1. The molecule has 0 saturated heterocycles. The van der Waals surface area contributed by atoms with Gasteiger partial charge in [0.05, 0.1) is 4.90 Å². The molecular weight excluding hydrogens is 326 g/mol. The molecular formula is C17H23N3O3S. The number of carbonyl (C=O) groups excluding carboxylic acids is 1. The van der Waals surface area contributed by atoms with Gasteiger partial charge >= 0.3 is 0 Å². The van der Waals surface area contributed by atoms with Gasteiger partial charge in [0.15, 0.2) is 0 Å². The number of anilines is 1. The Morgan fingerprint density at radius 3 is 2.42 bits per heavy atom. The van der Waals surface area contributed by atoms with Gasteiger partial charge in [-0.3, -0.25) is 4.79 Å². The Kier molecular flexibility index (Phi) is 5.93. The zero-order valence-electron chi connectivity index (χ0n) is 14.2. The van der Waals surface area contributed by atoms with Gasteiger partial charge in [-0.1, -0.05) is 31.2 Å². The van der Waals surface area contributed by atoms with Crippen LogP contribution >= 0.6 is 0 Å². The van der Waals surface area contributed by atoms with Gasteiger partial charge in [0.1, 0.15) is 0 Å². The van der Waals surface area contributed by atoms with Crippen molar-refractivity contribution >= 4 is 32.4 Å². The van der Waals surface area contributed by atoms with Gasteiger partial charge in [-0.25, -0.2) is 13.1 Å². The summed E-state index contributed by atoms with van der Waals surface area (Å²) in [6.07, 6.45) is 0. The van der Waals surface area contributed by atoms with E-state index in [2.05, 4.69) is 10.0 Å². The first-order valence-corrected chi connectivity index (χ1v) is 9.31. The third-order valence-corrected chi connectivity index (χ3v) is 5.33. The van der Waals surface area contributed by atoms with Crippen molar-refractivity contribution in [1.29, 1.82) is 0 Å². The Bertz CT molecular complexity index is 834. The molecule has 6 nitrogen and oxygen atoms in total. The molecule has 2 N–H and O–H groups in total. The molecule has 0 unspecified atom stereocenters. The van der Waals surface area contributed by atoms with E-state index in [1.807, 2.05) is 24.9 Å². The molecule has 0 spiro atoms. The second-order valence-corrected chi connectivity index (χ2v) is 7.37. The maximum Gasteiger partial charge on any atom is 0.241 e. The molecule has 0 aliphatic carbocycles. The Morgan fingerprint density at radius 2 is 1.79 bits per heavy atom. The van der Waals surface area contributed by atoms with E-state index in [4.69, 9.17) is 0 Å². The Balaban J connectivity index is 2.37. The van der Waals surface area contributed by atoms with Crippen LogP contribution in [0.25, 0.3) is 10.8 Å². The number of nitrogens with one attached hydrogen (secondary N) is 2. The molecule has 0 heterocycles. The molecule has 2 aromatic rings. The highest BCUT2D eigenvalue weighted by atomic mass is 32.2. The molecule has 2 aromatic carbocycles. The van der Waals surface area contributed by atoms with Crippen molar-refractivity contribution in [3.8, 4) is 0 Å². The summed E-state index contributed by atoms with van der Waals surface area (Å²) in [4.78, 5) is 13.6. The highest BCUT2D eigenvalue weighted by molar-refractivity contribution is 7.89. The average molecular weight is 349 g/mol. The molecule has 1 amide bonds. The first kappa shape index (κ1) is 18.4. The van der Waals surface area contributed by atoms with Crippen molar-refractivity contribution in [2.24, 2.45) is 0 Å². The molecule has 0 bridgehead atoms. The van der Waals surface area contributed by atoms with E-state index in [-0.39, 0.29) is 10.8 Å². The molecule has 0 aliphatic heterocycles. The molecule has 0 fully saturated rings. The number of nitrogens with zero attached hydrogens (tertiary/aromatic N) is 1. The van der Waals surface area contributed by atoms with Crippen LogP contribution in [0.4, 0.5) is 5.69 Å². The van der Waals surface area contributed by atoms with Crippen LogP contribution in [0, 0.1) is 0 Å². The highest BCUT2D eigenvalue weighted by Gasteiger charge is 2.18. The summed E-state index contributed by atoms with van der Waals surface area (Å²) >= 11 is 0. The second kappa shape index (κ2) is 7.74. The van der Waals surface area contributed by atoms with Crippen LogP contribution in [0.5, 0.6) is 0 Å². The van der Waals surface area contributed by atoms with Crippen LogP contribution < -0.4 is 10.0 Å². The average Bonchev–Trinajstić information content (AvgIpc) is 2.54. The van der Waals surface area contributed by atoms with Crippen molar-refractivity contribution in [2.75, 3.05) is 32.0 Å². The number of benzene rings is 2. The minimum Gasteiger partial charge on any atom is -0.326 e. The zero-order valence-corrected chi connectivity index (χ0v) is 15.0. The lowest BCUT2D eigenvalue weighted by Crippen LogP contribution is -2.33. The van der Waals surface area contributed by atoms with Gasteiger partial charge in [-0.05, 0) is 25.7 Å². The molecule has 0 aromatic heterocycles. The van der Waals surface area contributed by atoms with Gasteiger partial charge in [0, 0.05) is 36.5 Å². The lowest BCUT2D eigenvalue weighted by Gasteiger charge is -2.15. The summed E-state index contributed by atoms with van der Waals surface area (Å²) in [6, 6.07) is 10.3. The van der Waals surface area contributed by atoms with E-state index in [1.165, 1.54) is 13.0 Å². The Morgan fingerprint density at radius 1 is 1.12 bits per heavy atom. The van der Waals surface area contributed by atoms with Crippen molar-refractivity contribution in [2.45, 2.75) is 18.7 Å². The lowest BCUT2D eigenvalue weighted by atomic mass is 10.1. The molecule has 0 aliphatic rings. The molecule has 2 rings (SSSR count). The number of rotatable bonds is 7. The fourth-order valence-electron chi connectivity index (χ4n) is 2.41. The summed E-state index contributed by atoms with van der Waals surface area (Å²) in [7, 11) is -1.69. The summed E-state index contributed by atoms with van der Waals surface area (Å²) < 4.78 is 27.9. The Labute approximate surface area is 142 Å². The Hall–Kier alpha value is -1.96. The van der Waals surface area contributed by atoms with E-state index in [1.54, 1.807) is 24.3 Å². The normalized spacial score (nSPS) is 11.8. The van der Waals surface area contributed by atoms with Gasteiger partial charge in [-0.2, -0.15) is 0 Å². The minimum absolute atomic E-state index is 0.198. The second-order valence-electron chi connectivity index (χ2n) is 5.63. The van der Waals surface area contributed by atoms with Crippen molar-refractivity contribution in [1.82, 2.24) is 9.62 Å². The van der Waals surface area contributed by atoms with E-state index in [9.17, 15) is 13.2 Å². The van der Waals surface area contributed by atoms with E-state index in [0.717, 1.165) is 6.54 Å². The first-order chi connectivity index (χ1) is 11.3. The van der Waals surface area contributed by atoms with Gasteiger partial charge in [-0.15, -0.1) is 0 Å². The fraction of sp³-hybridized carbons (Fsp3) is 0.353. The SMILES string of the molecule is CCN(C)CCNS(=O)(=O)c1ccc(NC(C)=O)c2ccccc12. The van der Waals surface area contributed by atoms with Crippen LogP contribution in [-0.4, -0.2) is 45.9 Å². The fourth-order valence-corrected chi connectivity index (χ4v) is 3.64. The predicted molar refractivity (Wildman–Crippen MR) is 96.6 cm³/mol. The summed E-state index contributed by atoms with van der Waals surface area (Å²) in [5, 5.41) is 4.01. The number of carbonyl (C=O) groups is 1. The van der Waals surface area contributed by atoms with Crippen LogP contribution in [-0.2, 0) is 14.8 Å². The van der Waals surface area contributed by atoms with Crippen molar-refractivity contribution in [3.63, 3.8) is 0 Å². The molecule has 0 atom stereocenters. The lowest BCUT2D eigenvalue weighted by molar-refractivity contribution is -0.114. The van der Waals surface area contributed by atoms with Crippen molar-refractivity contribution < 1.29 is 13.2 Å². The third kappa shape index (κ3) is 4.31. The standard InChI is InChI=1S/C17H23N3O3S/c1-4-20(3)12-11-18-24(22,23)17-10-9-16(19-13(2)21)14-7-5-6-8-15(14)17/h5-10,18H,4,11-12H2,1-3H3,(H,19,21). The molecule has 7 heteroatoms. The van der Waals surface area contributed by atoms with E-state index < -0.39 is 10.0 Å². The predicted octanol–water partition coefficient (Wildman–Crippen LogP) is 2.03. The van der Waals surface area contributed by atoms with Gasteiger partial charge in [0.2, 0.25) is 15.9 Å². The topological polar surface area (TPSA) is 78.5 Å². The van der Waals surface area contributed by atoms with Crippen LogP contribution in [0.15, 0.2) is 41.3 Å². The molecule has 0 radical (unpaired) electrons. The quantitative estimate of drug-likeness (QED) is 0.802. The summed E-state index contributed by atoms with van der Waals surface area (Å²) in [6.45, 7) is 5.27. The van der Waals surface area contributed by atoms with Gasteiger partial charge in [0.25, 0.3) is 0 Å². The summed E-state index contributed by atoms with van der Waals surface area (Å²) in [5.41, 5.74) is 0.600. The smallest absolute Gasteiger partial charge is 0.241 e. The van der Waals surface area contributed by atoms with Crippen molar-refractivity contribution in [3.05, 3.63) is 36.4 Å². The summed E-state index contributed by atoms with van der Waals surface area (Å²) in [5.74, 6) is -0.198. The zero-order chi connectivity index (χ0) is 17.7. The third-order valence-electron chi connectivity index (χ3n) is 3.81. The maximum absolute atomic E-state index is 12.6. The largest absolute Gasteiger partial charge is 0.326 e. The number of likely N-dealkylation sites (N-methyl/N-ethyl adjacent to an activating group) is 1. The van der Waals surface area contributed by atoms with Gasteiger partial charge < -0.3 is 10.2 Å². The highest BCUT2D eigenvalue weighted by Crippen LogP contribution is 2.29. The molecule has 24 heavy (non-hydrogen) atoms. The minimum atomic E-state index is -3.63. The van der Waals surface area contributed by atoms with E-state index >= 15 is 0 Å². The number of hydrogen-bond acceptors (Lipinski definition) is 4. The van der Waals surface area contributed by atoms with E-state index in [0.29, 0.717) is 29.5 Å².